The topological polar surface area (TPSA) is 105 Å². The van der Waals surface area contributed by atoms with Crippen LogP contribution in [-0.2, 0) is 4.74 Å². The number of para-hydroxylation sites is 1. The molecule has 188 valence electrons. The molecule has 4 rings (SSSR count). The summed E-state index contributed by atoms with van der Waals surface area (Å²) in [5, 5.41) is 9.13. The van der Waals surface area contributed by atoms with E-state index in [1.54, 1.807) is 33.7 Å². The third-order valence-corrected chi connectivity index (χ3v) is 7.25. The highest BCUT2D eigenvalue weighted by atomic mass is 32.2. The molecule has 1 N–H and O–H groups in total. The molecule has 4 atom stereocenters. The Bertz CT molecular complexity index is 1100. The third-order valence-electron chi connectivity index (χ3n) is 6.16. The summed E-state index contributed by atoms with van der Waals surface area (Å²) < 4.78 is 28.0. The average Bonchev–Trinajstić information content (AvgIpc) is 3.51. The SMILES string of the molecule is COc1cnc(C(C)C(C)SNc2nnc(C3CCC(C)O3)n2-c2c(OC)cccc2OC)nc1. The summed E-state index contributed by atoms with van der Waals surface area (Å²) in [6.45, 7) is 6.28. The van der Waals surface area contributed by atoms with Crippen LogP contribution in [0.25, 0.3) is 5.69 Å². The Balaban J connectivity index is 1.64. The van der Waals surface area contributed by atoms with Gasteiger partial charge in [0.25, 0.3) is 0 Å². The van der Waals surface area contributed by atoms with E-state index >= 15 is 0 Å². The van der Waals surface area contributed by atoms with Crippen LogP contribution >= 0.6 is 11.9 Å². The number of aromatic nitrogens is 5. The summed E-state index contributed by atoms with van der Waals surface area (Å²) in [5.74, 6) is 4.03. The van der Waals surface area contributed by atoms with Gasteiger partial charge in [-0.25, -0.2) is 9.97 Å². The van der Waals surface area contributed by atoms with Crippen molar-refractivity contribution in [2.75, 3.05) is 26.1 Å². The van der Waals surface area contributed by atoms with Crippen molar-refractivity contribution in [3.63, 3.8) is 0 Å². The van der Waals surface area contributed by atoms with E-state index in [2.05, 4.69) is 45.7 Å². The largest absolute Gasteiger partial charge is 0.494 e. The molecule has 2 aromatic heterocycles. The molecule has 0 radical (unpaired) electrons. The summed E-state index contributed by atoms with van der Waals surface area (Å²) in [4.78, 5) is 8.88. The van der Waals surface area contributed by atoms with Gasteiger partial charge in [0.15, 0.2) is 11.6 Å². The number of hydrogen-bond acceptors (Lipinski definition) is 10. The van der Waals surface area contributed by atoms with E-state index in [-0.39, 0.29) is 23.4 Å². The summed E-state index contributed by atoms with van der Waals surface area (Å²) in [6, 6.07) is 5.67. The molecule has 1 aromatic carbocycles. The number of anilines is 1. The van der Waals surface area contributed by atoms with Crippen LogP contribution in [0, 0.1) is 0 Å². The van der Waals surface area contributed by atoms with Crippen LogP contribution in [0.15, 0.2) is 30.6 Å². The van der Waals surface area contributed by atoms with Crippen LogP contribution < -0.4 is 18.9 Å². The lowest BCUT2D eigenvalue weighted by molar-refractivity contribution is 0.0492. The summed E-state index contributed by atoms with van der Waals surface area (Å²) in [7, 11) is 4.87. The molecule has 3 aromatic rings. The van der Waals surface area contributed by atoms with Crippen molar-refractivity contribution < 1.29 is 18.9 Å². The fraction of sp³-hybridized carbons (Fsp3) is 0.500. The van der Waals surface area contributed by atoms with Gasteiger partial charge in [0.1, 0.15) is 29.1 Å². The fourth-order valence-corrected chi connectivity index (χ4v) is 4.71. The van der Waals surface area contributed by atoms with Crippen LogP contribution in [0.1, 0.15) is 57.3 Å². The molecular formula is C24H32N6O4S. The Morgan fingerprint density at radius 1 is 1.03 bits per heavy atom. The molecule has 0 spiro atoms. The molecule has 35 heavy (non-hydrogen) atoms. The number of nitrogens with one attached hydrogen (secondary N) is 1. The van der Waals surface area contributed by atoms with Crippen molar-refractivity contribution in [1.82, 2.24) is 24.7 Å². The number of benzene rings is 1. The van der Waals surface area contributed by atoms with Crippen LogP contribution in [0.4, 0.5) is 5.95 Å². The minimum absolute atomic E-state index is 0.0778. The number of ether oxygens (including phenoxy) is 4. The number of methoxy groups -OCH3 is 3. The van der Waals surface area contributed by atoms with E-state index in [9.17, 15) is 0 Å². The van der Waals surface area contributed by atoms with Crippen LogP contribution in [0.2, 0.25) is 0 Å². The van der Waals surface area contributed by atoms with E-state index in [1.807, 2.05) is 22.8 Å². The highest BCUT2D eigenvalue weighted by Crippen LogP contribution is 2.40. The van der Waals surface area contributed by atoms with E-state index in [0.717, 1.165) is 24.4 Å². The molecule has 0 saturated carbocycles. The van der Waals surface area contributed by atoms with Crippen LogP contribution in [0.3, 0.4) is 0 Å². The first-order valence-corrected chi connectivity index (χ1v) is 12.4. The van der Waals surface area contributed by atoms with E-state index in [1.165, 1.54) is 11.9 Å². The highest BCUT2D eigenvalue weighted by molar-refractivity contribution is 8.01. The first-order chi connectivity index (χ1) is 17.0. The van der Waals surface area contributed by atoms with Gasteiger partial charge in [-0.05, 0) is 43.8 Å². The molecule has 1 aliphatic heterocycles. The zero-order chi connectivity index (χ0) is 24.9. The molecule has 10 nitrogen and oxygen atoms in total. The Kier molecular flexibility index (Phi) is 7.97. The molecule has 1 fully saturated rings. The maximum absolute atomic E-state index is 6.14. The molecule has 4 unspecified atom stereocenters. The Hall–Kier alpha value is -3.05. The lowest BCUT2D eigenvalue weighted by atomic mass is 10.1. The van der Waals surface area contributed by atoms with Crippen molar-refractivity contribution in [2.24, 2.45) is 0 Å². The first kappa shape index (κ1) is 25.1. The van der Waals surface area contributed by atoms with Gasteiger partial charge in [-0.3, -0.25) is 9.29 Å². The first-order valence-electron chi connectivity index (χ1n) is 11.6. The van der Waals surface area contributed by atoms with Crippen LogP contribution in [0.5, 0.6) is 17.2 Å². The molecular weight excluding hydrogens is 468 g/mol. The van der Waals surface area contributed by atoms with Crippen LogP contribution in [-0.4, -0.2) is 57.4 Å². The normalized spacial score (nSPS) is 19.3. The molecule has 11 heteroatoms. The molecule has 0 aliphatic carbocycles. The average molecular weight is 501 g/mol. The fourth-order valence-electron chi connectivity index (χ4n) is 3.96. The number of hydrogen-bond donors (Lipinski definition) is 1. The zero-order valence-corrected chi connectivity index (χ0v) is 21.7. The Morgan fingerprint density at radius 2 is 1.71 bits per heavy atom. The van der Waals surface area contributed by atoms with Gasteiger partial charge in [0, 0.05) is 11.2 Å². The quantitative estimate of drug-likeness (QED) is 0.398. The van der Waals surface area contributed by atoms with Crippen molar-refractivity contribution in [3.8, 4) is 22.9 Å². The van der Waals surface area contributed by atoms with E-state index < -0.39 is 0 Å². The van der Waals surface area contributed by atoms with Crippen molar-refractivity contribution >= 4 is 17.9 Å². The second kappa shape index (κ2) is 11.1. The van der Waals surface area contributed by atoms with Crippen molar-refractivity contribution in [1.29, 1.82) is 0 Å². The van der Waals surface area contributed by atoms with Gasteiger partial charge in [0.05, 0.1) is 39.8 Å². The van der Waals surface area contributed by atoms with Gasteiger partial charge >= 0.3 is 0 Å². The second-order valence-corrected chi connectivity index (χ2v) is 9.62. The zero-order valence-electron chi connectivity index (χ0n) is 20.9. The van der Waals surface area contributed by atoms with Crippen molar-refractivity contribution in [2.45, 2.75) is 57.0 Å². The minimum atomic E-state index is -0.170. The van der Waals surface area contributed by atoms with Crippen molar-refractivity contribution in [3.05, 3.63) is 42.2 Å². The lowest BCUT2D eigenvalue weighted by Gasteiger charge is -2.21. The summed E-state index contributed by atoms with van der Waals surface area (Å²) in [5.41, 5.74) is 0.725. The second-order valence-electron chi connectivity index (χ2n) is 8.44. The summed E-state index contributed by atoms with van der Waals surface area (Å²) in [6.07, 6.45) is 5.20. The predicted molar refractivity (Wildman–Crippen MR) is 135 cm³/mol. The predicted octanol–water partition coefficient (Wildman–Crippen LogP) is 4.58. The highest BCUT2D eigenvalue weighted by Gasteiger charge is 2.32. The maximum Gasteiger partial charge on any atom is 0.239 e. The Labute approximate surface area is 209 Å². The molecule has 1 saturated heterocycles. The van der Waals surface area contributed by atoms with Gasteiger partial charge in [0.2, 0.25) is 5.95 Å². The van der Waals surface area contributed by atoms with Gasteiger partial charge in [-0.2, -0.15) is 0 Å². The molecule has 0 bridgehead atoms. The summed E-state index contributed by atoms with van der Waals surface area (Å²) >= 11 is 1.53. The molecule has 1 aliphatic rings. The third kappa shape index (κ3) is 5.30. The number of rotatable bonds is 10. The van der Waals surface area contributed by atoms with E-state index in [0.29, 0.717) is 29.0 Å². The minimum Gasteiger partial charge on any atom is -0.494 e. The monoisotopic (exact) mass is 500 g/mol. The number of nitrogens with zero attached hydrogens (tertiary/aromatic N) is 5. The smallest absolute Gasteiger partial charge is 0.239 e. The Morgan fingerprint density at radius 3 is 2.29 bits per heavy atom. The molecule has 3 heterocycles. The standard InChI is InChI=1S/C24H32N6O4S/c1-14-10-11-20(34-14)23-27-28-24(30(23)21-18(32-5)8-7-9-19(21)33-6)29-35-16(3)15(2)22-25-12-17(31-4)13-26-22/h7-9,12-16,20H,10-11H2,1-6H3,(H,28,29). The molecule has 0 amide bonds. The van der Waals surface area contributed by atoms with Gasteiger partial charge in [-0.1, -0.05) is 19.9 Å². The van der Waals surface area contributed by atoms with Gasteiger partial charge in [-0.15, -0.1) is 10.2 Å². The van der Waals surface area contributed by atoms with E-state index in [4.69, 9.17) is 18.9 Å². The van der Waals surface area contributed by atoms with Gasteiger partial charge < -0.3 is 18.9 Å². The lowest BCUT2D eigenvalue weighted by Crippen LogP contribution is -2.16. The maximum atomic E-state index is 6.14.